The fraction of sp³-hybridized carbons (Fsp3) is 0.250. The van der Waals surface area contributed by atoms with Gasteiger partial charge in [-0.3, -0.25) is 9.69 Å². The van der Waals surface area contributed by atoms with Gasteiger partial charge in [0.2, 0.25) is 5.91 Å². The van der Waals surface area contributed by atoms with Crippen LogP contribution in [0, 0.1) is 6.92 Å². The van der Waals surface area contributed by atoms with E-state index in [1.807, 2.05) is 30.0 Å². The second kappa shape index (κ2) is 9.48. The Morgan fingerprint density at radius 1 is 1.18 bits per heavy atom. The Bertz CT molecular complexity index is 879. The van der Waals surface area contributed by atoms with Gasteiger partial charge in [-0.05, 0) is 55.5 Å². The predicted molar refractivity (Wildman–Crippen MR) is 104 cm³/mol. The summed E-state index contributed by atoms with van der Waals surface area (Å²) in [6.07, 6.45) is 1.60. The third-order valence-corrected chi connectivity index (χ3v) is 4.85. The van der Waals surface area contributed by atoms with Gasteiger partial charge >= 0.3 is 6.61 Å². The Morgan fingerprint density at radius 2 is 1.96 bits per heavy atom. The van der Waals surface area contributed by atoms with Gasteiger partial charge in [-0.1, -0.05) is 0 Å². The van der Waals surface area contributed by atoms with Crippen LogP contribution in [-0.4, -0.2) is 24.0 Å². The molecule has 148 valence electrons. The zero-order valence-electron chi connectivity index (χ0n) is 15.2. The van der Waals surface area contributed by atoms with Gasteiger partial charge in [0.1, 0.15) is 11.5 Å². The van der Waals surface area contributed by atoms with Crippen LogP contribution in [-0.2, 0) is 17.9 Å². The number of hydrogen-bond acceptors (Lipinski definition) is 5. The van der Waals surface area contributed by atoms with Crippen LogP contribution in [0.5, 0.6) is 5.75 Å². The van der Waals surface area contributed by atoms with Crippen molar-refractivity contribution in [2.75, 3.05) is 11.9 Å². The summed E-state index contributed by atoms with van der Waals surface area (Å²) >= 11 is 1.69. The van der Waals surface area contributed by atoms with E-state index in [0.29, 0.717) is 18.8 Å². The van der Waals surface area contributed by atoms with Crippen molar-refractivity contribution in [3.05, 3.63) is 70.3 Å². The Morgan fingerprint density at radius 3 is 2.57 bits per heavy atom. The number of ether oxygens (including phenoxy) is 1. The molecule has 0 bridgehead atoms. The molecule has 0 spiro atoms. The third kappa shape index (κ3) is 6.17. The average molecular weight is 406 g/mol. The molecule has 0 unspecified atom stereocenters. The topological polar surface area (TPSA) is 54.7 Å². The molecule has 0 aliphatic heterocycles. The minimum absolute atomic E-state index is 0.0421. The maximum Gasteiger partial charge on any atom is 0.387 e. The lowest BCUT2D eigenvalue weighted by Crippen LogP contribution is -2.32. The van der Waals surface area contributed by atoms with Crippen molar-refractivity contribution < 1.29 is 22.7 Å². The fourth-order valence-corrected chi connectivity index (χ4v) is 3.64. The molecule has 1 amide bonds. The van der Waals surface area contributed by atoms with Gasteiger partial charge in [-0.2, -0.15) is 8.78 Å². The van der Waals surface area contributed by atoms with Gasteiger partial charge < -0.3 is 14.5 Å². The summed E-state index contributed by atoms with van der Waals surface area (Å²) in [5.74, 6) is 0.609. The standard InChI is InChI=1S/C20H20F2N2O3S/c1-14-4-9-18(28-14)12-24(11-17-3-2-10-26-17)13-19(25)23-15-5-7-16(8-6-15)27-20(21)22/h2-10,20H,11-13H2,1H3,(H,23,25). The number of carbonyl (C=O) groups excluding carboxylic acids is 1. The number of halogens is 2. The van der Waals surface area contributed by atoms with Gasteiger partial charge in [0, 0.05) is 22.0 Å². The summed E-state index contributed by atoms with van der Waals surface area (Å²) in [6, 6.07) is 13.6. The molecule has 28 heavy (non-hydrogen) atoms. The van der Waals surface area contributed by atoms with Crippen molar-refractivity contribution in [1.82, 2.24) is 4.90 Å². The lowest BCUT2D eigenvalue weighted by Gasteiger charge is -2.20. The summed E-state index contributed by atoms with van der Waals surface area (Å²) in [4.78, 5) is 16.8. The summed E-state index contributed by atoms with van der Waals surface area (Å²) in [7, 11) is 0. The number of nitrogens with zero attached hydrogens (tertiary/aromatic N) is 1. The van der Waals surface area contributed by atoms with Crippen LogP contribution in [0.3, 0.4) is 0 Å². The number of benzene rings is 1. The SMILES string of the molecule is Cc1ccc(CN(CC(=O)Nc2ccc(OC(F)F)cc2)Cc2ccco2)s1. The van der Waals surface area contributed by atoms with Gasteiger partial charge in [0.15, 0.2) is 0 Å². The van der Waals surface area contributed by atoms with E-state index < -0.39 is 6.61 Å². The number of anilines is 1. The number of amides is 1. The van der Waals surface area contributed by atoms with E-state index in [1.54, 1.807) is 17.6 Å². The van der Waals surface area contributed by atoms with E-state index in [1.165, 1.54) is 29.1 Å². The van der Waals surface area contributed by atoms with E-state index >= 15 is 0 Å². The molecule has 2 heterocycles. The first-order chi connectivity index (χ1) is 13.5. The van der Waals surface area contributed by atoms with Gasteiger partial charge in [-0.25, -0.2) is 0 Å². The molecule has 2 aromatic heterocycles. The normalized spacial score (nSPS) is 11.2. The molecule has 3 rings (SSSR count). The zero-order chi connectivity index (χ0) is 19.9. The lowest BCUT2D eigenvalue weighted by molar-refractivity contribution is -0.117. The maximum atomic E-state index is 12.5. The minimum atomic E-state index is -2.88. The number of aryl methyl sites for hydroxylation is 1. The van der Waals surface area contributed by atoms with Crippen LogP contribution in [0.2, 0.25) is 0 Å². The maximum absolute atomic E-state index is 12.5. The molecule has 3 aromatic rings. The van der Waals surface area contributed by atoms with Crippen LogP contribution in [0.15, 0.2) is 59.2 Å². The molecule has 0 radical (unpaired) electrons. The summed E-state index contributed by atoms with van der Waals surface area (Å²) < 4.78 is 34.1. The highest BCUT2D eigenvalue weighted by Crippen LogP contribution is 2.20. The smallest absolute Gasteiger partial charge is 0.387 e. The van der Waals surface area contributed by atoms with Crippen LogP contribution < -0.4 is 10.1 Å². The van der Waals surface area contributed by atoms with E-state index in [9.17, 15) is 13.6 Å². The van der Waals surface area contributed by atoms with Gasteiger partial charge in [0.05, 0.1) is 19.4 Å². The number of alkyl halides is 2. The number of rotatable bonds is 9. The quantitative estimate of drug-likeness (QED) is 0.550. The Kier molecular flexibility index (Phi) is 6.78. The predicted octanol–water partition coefficient (Wildman–Crippen LogP) is 4.89. The van der Waals surface area contributed by atoms with Gasteiger partial charge in [-0.15, -0.1) is 11.3 Å². The Balaban J connectivity index is 1.61. The van der Waals surface area contributed by atoms with Crippen LogP contribution in [0.4, 0.5) is 14.5 Å². The summed E-state index contributed by atoms with van der Waals surface area (Å²) in [5.41, 5.74) is 0.511. The fourth-order valence-electron chi connectivity index (χ4n) is 2.70. The first-order valence-electron chi connectivity index (χ1n) is 8.63. The van der Waals surface area contributed by atoms with E-state index in [4.69, 9.17) is 4.42 Å². The highest BCUT2D eigenvalue weighted by Gasteiger charge is 2.15. The Labute approximate surface area is 165 Å². The molecular formula is C20H20F2N2O3S. The molecule has 8 heteroatoms. The van der Waals surface area contributed by atoms with E-state index in [2.05, 4.69) is 16.1 Å². The molecule has 0 fully saturated rings. The minimum Gasteiger partial charge on any atom is -0.468 e. The van der Waals surface area contributed by atoms with Crippen LogP contribution in [0.1, 0.15) is 15.5 Å². The third-order valence-electron chi connectivity index (χ3n) is 3.87. The largest absolute Gasteiger partial charge is 0.468 e. The first kappa shape index (κ1) is 20.0. The molecule has 5 nitrogen and oxygen atoms in total. The van der Waals surface area contributed by atoms with Crippen molar-refractivity contribution in [3.63, 3.8) is 0 Å². The van der Waals surface area contributed by atoms with Crippen LogP contribution in [0.25, 0.3) is 0 Å². The molecule has 0 aliphatic rings. The molecule has 0 aliphatic carbocycles. The highest BCUT2D eigenvalue weighted by molar-refractivity contribution is 7.11. The Hall–Kier alpha value is -2.71. The molecule has 1 aromatic carbocycles. The highest BCUT2D eigenvalue weighted by atomic mass is 32.1. The van der Waals surface area contributed by atoms with Crippen molar-refractivity contribution in [3.8, 4) is 5.75 Å². The molecule has 1 N–H and O–H groups in total. The van der Waals surface area contributed by atoms with Crippen molar-refractivity contribution in [1.29, 1.82) is 0 Å². The van der Waals surface area contributed by atoms with Gasteiger partial charge in [0.25, 0.3) is 0 Å². The number of carbonyl (C=O) groups is 1. The molecular weight excluding hydrogens is 386 g/mol. The number of thiophene rings is 1. The summed E-state index contributed by atoms with van der Waals surface area (Å²) in [6.45, 7) is 0.440. The van der Waals surface area contributed by atoms with Crippen molar-refractivity contribution >= 4 is 22.9 Å². The number of nitrogens with one attached hydrogen (secondary N) is 1. The molecule has 0 saturated carbocycles. The number of furan rings is 1. The molecule has 0 atom stereocenters. The monoisotopic (exact) mass is 406 g/mol. The van der Waals surface area contributed by atoms with Crippen LogP contribution >= 0.6 is 11.3 Å². The average Bonchev–Trinajstić information content (AvgIpc) is 3.28. The second-order valence-corrected chi connectivity index (χ2v) is 7.56. The summed E-state index contributed by atoms with van der Waals surface area (Å²) in [5, 5.41) is 2.77. The van der Waals surface area contributed by atoms with E-state index in [-0.39, 0.29) is 18.2 Å². The zero-order valence-corrected chi connectivity index (χ0v) is 16.0. The van der Waals surface area contributed by atoms with Crippen molar-refractivity contribution in [2.24, 2.45) is 0 Å². The lowest BCUT2D eigenvalue weighted by atomic mass is 10.3. The molecule has 0 saturated heterocycles. The van der Waals surface area contributed by atoms with Crippen molar-refractivity contribution in [2.45, 2.75) is 26.6 Å². The second-order valence-electron chi connectivity index (χ2n) is 6.19. The number of hydrogen-bond donors (Lipinski definition) is 1. The van der Waals surface area contributed by atoms with E-state index in [0.717, 1.165) is 10.6 Å². The first-order valence-corrected chi connectivity index (χ1v) is 9.44.